The van der Waals surface area contributed by atoms with Gasteiger partial charge in [-0.1, -0.05) is 158 Å². The third-order valence-corrected chi connectivity index (χ3v) is 11.1. The van der Waals surface area contributed by atoms with Crippen LogP contribution in [0.1, 0.15) is 162 Å². The van der Waals surface area contributed by atoms with E-state index in [4.69, 9.17) is 18.5 Å². The maximum absolute atomic E-state index is 12.8. The Hall–Kier alpha value is -2.38. The van der Waals surface area contributed by atoms with E-state index < -0.39 is 63.1 Å². The second-order valence-electron chi connectivity index (χ2n) is 15.6. The average molecular weight is 869 g/mol. The summed E-state index contributed by atoms with van der Waals surface area (Å²) in [5, 5.41) is 50.1. The molecule has 6 N–H and O–H groups in total. The molecular weight excluding hydrogens is 787 g/mol. The molecule has 1 aliphatic rings. The Morgan fingerprint density at radius 1 is 0.550 bits per heavy atom. The number of ether oxygens (including phenoxy) is 2. The minimum atomic E-state index is -5.05. The van der Waals surface area contributed by atoms with Crippen LogP contribution in [-0.4, -0.2) is 92.3 Å². The normalized spacial score (nSPS) is 22.9. The Kier molecular flexibility index (Phi) is 34.5. The van der Waals surface area contributed by atoms with Gasteiger partial charge in [0.2, 0.25) is 0 Å². The second-order valence-corrected chi connectivity index (χ2v) is 17.0. The molecule has 1 aliphatic carbocycles. The van der Waals surface area contributed by atoms with Crippen LogP contribution >= 0.6 is 7.82 Å². The zero-order valence-corrected chi connectivity index (χ0v) is 37.6. The lowest BCUT2D eigenvalue weighted by Crippen LogP contribution is -2.64. The zero-order chi connectivity index (χ0) is 44.1. The molecule has 0 spiro atoms. The second kappa shape index (κ2) is 37.2. The quantitative estimate of drug-likeness (QED) is 0.0114. The van der Waals surface area contributed by atoms with Gasteiger partial charge >= 0.3 is 13.8 Å². The number of unbranched alkanes of at least 4 members (excludes halogenated alkanes) is 15. The van der Waals surface area contributed by atoms with Gasteiger partial charge in [0.15, 0.2) is 6.10 Å². The Morgan fingerprint density at radius 3 is 1.48 bits per heavy atom. The molecule has 6 unspecified atom stereocenters. The van der Waals surface area contributed by atoms with Gasteiger partial charge in [-0.3, -0.25) is 13.8 Å². The molecule has 0 aromatic carbocycles. The van der Waals surface area contributed by atoms with Crippen LogP contribution in [-0.2, 0) is 27.9 Å². The maximum Gasteiger partial charge on any atom is 0.472 e. The number of aliphatic hydroxyl groups excluding tert-OH is 5. The predicted molar refractivity (Wildman–Crippen MR) is 239 cm³/mol. The maximum atomic E-state index is 12.8. The number of rotatable bonds is 37. The van der Waals surface area contributed by atoms with Crippen molar-refractivity contribution in [3.63, 3.8) is 0 Å². The van der Waals surface area contributed by atoms with Gasteiger partial charge in [-0.05, 0) is 63.9 Å². The summed E-state index contributed by atoms with van der Waals surface area (Å²) < 4.78 is 33.9. The van der Waals surface area contributed by atoms with Crippen molar-refractivity contribution < 1.29 is 58.3 Å². The van der Waals surface area contributed by atoms with Crippen LogP contribution in [0.5, 0.6) is 0 Å². The van der Waals surface area contributed by atoms with E-state index in [1.807, 2.05) is 18.2 Å². The molecule has 0 saturated heterocycles. The van der Waals surface area contributed by atoms with E-state index in [1.54, 1.807) is 0 Å². The summed E-state index contributed by atoms with van der Waals surface area (Å²) in [4.78, 5) is 23.1. The SMILES string of the molecule is CC/C=C\C/C=C\C/C=C\C/C=C\C/C=C\CCCC(=O)O[C@H](CO/C=C\CCCCCCCCCCCCCCCC)COP(=O)(O)OC1C(O)C(O)C(O)[C@@H](O)C1O. The molecule has 1 fully saturated rings. The summed E-state index contributed by atoms with van der Waals surface area (Å²) in [6.45, 7) is 3.55. The number of carbonyl (C=O) groups excluding carboxylic acids is 1. The molecule has 0 radical (unpaired) electrons. The number of carbonyl (C=O) groups is 1. The highest BCUT2D eigenvalue weighted by Gasteiger charge is 2.51. The minimum absolute atomic E-state index is 0.0889. The molecule has 8 atom stereocenters. The van der Waals surface area contributed by atoms with Crippen molar-refractivity contribution in [2.75, 3.05) is 13.2 Å². The Balaban J connectivity index is 2.48. The molecule has 0 aromatic rings. The van der Waals surface area contributed by atoms with E-state index in [0.29, 0.717) is 12.8 Å². The van der Waals surface area contributed by atoms with Crippen LogP contribution in [0.15, 0.2) is 73.1 Å². The van der Waals surface area contributed by atoms with Crippen LogP contribution in [0.4, 0.5) is 0 Å². The fourth-order valence-electron chi connectivity index (χ4n) is 6.53. The highest BCUT2D eigenvalue weighted by molar-refractivity contribution is 7.47. The van der Waals surface area contributed by atoms with Crippen LogP contribution in [0.25, 0.3) is 0 Å². The molecular formula is C47H81O12P. The summed E-state index contributed by atoms with van der Waals surface area (Å²) in [7, 11) is -5.05. The fraction of sp³-hybridized carbons (Fsp3) is 0.723. The molecule has 0 aromatic heterocycles. The van der Waals surface area contributed by atoms with E-state index in [0.717, 1.165) is 51.4 Å². The molecule has 346 valence electrons. The van der Waals surface area contributed by atoms with Crippen molar-refractivity contribution in [2.24, 2.45) is 0 Å². The van der Waals surface area contributed by atoms with Crippen LogP contribution < -0.4 is 0 Å². The fourth-order valence-corrected chi connectivity index (χ4v) is 7.51. The topological polar surface area (TPSA) is 192 Å². The van der Waals surface area contributed by atoms with Crippen LogP contribution in [0, 0.1) is 0 Å². The first-order chi connectivity index (χ1) is 29.0. The Bertz CT molecular complexity index is 1260. The van der Waals surface area contributed by atoms with Crippen LogP contribution in [0.3, 0.4) is 0 Å². The van der Waals surface area contributed by atoms with Gasteiger partial charge < -0.3 is 39.9 Å². The lowest BCUT2D eigenvalue weighted by atomic mass is 9.85. The number of phosphoric ester groups is 1. The van der Waals surface area contributed by atoms with Crippen molar-refractivity contribution >= 4 is 13.8 Å². The smallest absolute Gasteiger partial charge is 0.472 e. The number of esters is 1. The molecule has 1 rings (SSSR count). The third-order valence-electron chi connectivity index (χ3n) is 10.2. The largest absolute Gasteiger partial charge is 0.498 e. The number of hydrogen-bond donors (Lipinski definition) is 6. The van der Waals surface area contributed by atoms with E-state index in [9.17, 15) is 39.8 Å². The van der Waals surface area contributed by atoms with E-state index >= 15 is 0 Å². The summed E-state index contributed by atoms with van der Waals surface area (Å²) in [5.41, 5.74) is 0. The van der Waals surface area contributed by atoms with Crippen molar-refractivity contribution in [3.8, 4) is 0 Å². The Morgan fingerprint density at radius 2 is 0.983 bits per heavy atom. The summed E-state index contributed by atoms with van der Waals surface area (Å²) in [5.74, 6) is -0.557. The van der Waals surface area contributed by atoms with Gasteiger partial charge in [0, 0.05) is 6.42 Å². The minimum Gasteiger partial charge on any atom is -0.498 e. The summed E-state index contributed by atoms with van der Waals surface area (Å²) >= 11 is 0. The van der Waals surface area contributed by atoms with Gasteiger partial charge in [0.1, 0.15) is 43.2 Å². The van der Waals surface area contributed by atoms with Crippen molar-refractivity contribution in [1.82, 2.24) is 0 Å². The van der Waals surface area contributed by atoms with Crippen molar-refractivity contribution in [3.05, 3.63) is 73.1 Å². The van der Waals surface area contributed by atoms with Gasteiger partial charge in [0.05, 0.1) is 12.9 Å². The van der Waals surface area contributed by atoms with E-state index in [-0.39, 0.29) is 13.0 Å². The first-order valence-electron chi connectivity index (χ1n) is 22.8. The van der Waals surface area contributed by atoms with Crippen LogP contribution in [0.2, 0.25) is 0 Å². The predicted octanol–water partition coefficient (Wildman–Crippen LogP) is 9.54. The standard InChI is InChI=1S/C47H81O12P/c1-3-5-7-9-11-13-15-17-19-21-22-24-26-28-30-32-34-36-41(48)58-40(39-57-60(54,55)59-47-45(52)43(50)42(49)44(51)46(47)53)38-56-37-35-33-31-29-27-25-23-20-18-16-14-12-10-8-6-4-2/h5,7,11,13,17,19,22,24,28,30,35,37,40,42-47,49-53H,3-4,6,8-10,12,14-16,18,20-21,23,25-27,29,31-34,36,38-39H2,1-2H3,(H,54,55)/b7-5-,13-11-,19-17-,24-22-,30-28-,37-35-/t40-,42?,43-,44?,45?,46?,47?/m1/s1. The van der Waals surface area contributed by atoms with Crippen molar-refractivity contribution in [2.45, 2.75) is 204 Å². The highest BCUT2D eigenvalue weighted by Crippen LogP contribution is 2.47. The van der Waals surface area contributed by atoms with Gasteiger partial charge in [-0.15, -0.1) is 0 Å². The third kappa shape index (κ3) is 29.0. The summed E-state index contributed by atoms with van der Waals surface area (Å²) in [6.07, 6.45) is 36.3. The average Bonchev–Trinajstić information content (AvgIpc) is 3.23. The molecule has 60 heavy (non-hydrogen) atoms. The Labute approximate surface area is 361 Å². The molecule has 13 heteroatoms. The highest BCUT2D eigenvalue weighted by atomic mass is 31.2. The lowest BCUT2D eigenvalue weighted by molar-refractivity contribution is -0.220. The molecule has 0 bridgehead atoms. The molecule has 0 heterocycles. The first-order valence-corrected chi connectivity index (χ1v) is 24.3. The van der Waals surface area contributed by atoms with Gasteiger partial charge in [-0.25, -0.2) is 4.57 Å². The number of allylic oxidation sites excluding steroid dienone is 11. The lowest BCUT2D eigenvalue weighted by Gasteiger charge is -2.41. The number of aliphatic hydroxyl groups is 5. The van der Waals surface area contributed by atoms with Crippen molar-refractivity contribution in [1.29, 1.82) is 0 Å². The molecule has 1 saturated carbocycles. The van der Waals surface area contributed by atoms with Gasteiger partial charge in [-0.2, -0.15) is 0 Å². The molecule has 12 nitrogen and oxygen atoms in total. The first kappa shape index (κ1) is 55.6. The zero-order valence-electron chi connectivity index (χ0n) is 36.7. The number of phosphoric acid groups is 1. The number of hydrogen-bond acceptors (Lipinski definition) is 11. The monoisotopic (exact) mass is 869 g/mol. The molecule has 0 amide bonds. The van der Waals surface area contributed by atoms with E-state index in [1.165, 1.54) is 83.3 Å². The molecule has 0 aliphatic heterocycles. The van der Waals surface area contributed by atoms with Gasteiger partial charge in [0.25, 0.3) is 0 Å². The summed E-state index contributed by atoms with van der Waals surface area (Å²) in [6, 6.07) is 0. The van der Waals surface area contributed by atoms with E-state index in [2.05, 4.69) is 62.5 Å².